The molecule has 2 N–H and O–H groups in total. The maximum atomic E-state index is 11.6. The van der Waals surface area contributed by atoms with E-state index in [-0.39, 0.29) is 18.4 Å². The van der Waals surface area contributed by atoms with Crippen LogP contribution in [0.5, 0.6) is 11.5 Å². The number of ether oxygens (including phenoxy) is 2. The number of carbonyl (C=O) groups excluding carboxylic acids is 2. The molecule has 5 rings (SSSR count). The van der Waals surface area contributed by atoms with Gasteiger partial charge in [0.1, 0.15) is 5.75 Å². The van der Waals surface area contributed by atoms with E-state index in [1.54, 1.807) is 0 Å². The summed E-state index contributed by atoms with van der Waals surface area (Å²) >= 11 is 0. The average Bonchev–Trinajstić information content (AvgIpc) is 2.89. The fourth-order valence-electron chi connectivity index (χ4n) is 4.63. The Morgan fingerprint density at radius 1 is 0.914 bits per heavy atom. The molecule has 8 heteroatoms. The first-order valence-corrected chi connectivity index (χ1v) is 12.7. The fraction of sp³-hybridized carbons (Fsp3) is 0.481. The summed E-state index contributed by atoms with van der Waals surface area (Å²) in [5, 5.41) is 5.81. The zero-order valence-electron chi connectivity index (χ0n) is 20.8. The van der Waals surface area contributed by atoms with Gasteiger partial charge < -0.3 is 25.0 Å². The lowest BCUT2D eigenvalue weighted by molar-refractivity contribution is -0.118. The number of nitrogens with zero attached hydrogens (tertiary/aromatic N) is 2. The number of hydrogen-bond donors (Lipinski definition) is 2. The summed E-state index contributed by atoms with van der Waals surface area (Å²) in [4.78, 5) is 28.0. The summed E-state index contributed by atoms with van der Waals surface area (Å²) in [6.45, 7) is 9.67. The first kappa shape index (κ1) is 24.9. The Morgan fingerprint density at radius 2 is 1.71 bits per heavy atom. The third kappa shape index (κ3) is 6.25. The molecule has 2 aromatic carbocycles. The lowest BCUT2D eigenvalue weighted by Gasteiger charge is -2.37. The number of nitrogens with one attached hydrogen (secondary N) is 2. The monoisotopic (exact) mass is 480 g/mol. The molecule has 3 heterocycles. The molecule has 0 aromatic heterocycles. The van der Waals surface area contributed by atoms with Crippen LogP contribution < -0.4 is 25.0 Å². The number of piperazine rings is 1. The molecule has 8 nitrogen and oxygen atoms in total. The smallest absolute Gasteiger partial charge is 0.262 e. The van der Waals surface area contributed by atoms with Crippen molar-refractivity contribution < 1.29 is 19.1 Å². The SMILES string of the molecule is CC.O=C1CCc2ccc(OCCCCN3CCN(c4cccc5c4OCC(=O)N5)CC3)cc2N1. The maximum absolute atomic E-state index is 11.6. The molecule has 0 unspecified atom stereocenters. The average molecular weight is 481 g/mol. The highest BCUT2D eigenvalue weighted by Crippen LogP contribution is 2.38. The predicted octanol–water partition coefficient (Wildman–Crippen LogP) is 3.91. The van der Waals surface area contributed by atoms with Gasteiger partial charge in [-0.1, -0.05) is 26.0 Å². The van der Waals surface area contributed by atoms with Crippen LogP contribution in [0.15, 0.2) is 36.4 Å². The van der Waals surface area contributed by atoms with Gasteiger partial charge in [0.25, 0.3) is 5.91 Å². The van der Waals surface area contributed by atoms with E-state index in [0.29, 0.717) is 13.0 Å². The van der Waals surface area contributed by atoms with Gasteiger partial charge in [0.2, 0.25) is 5.91 Å². The van der Waals surface area contributed by atoms with Crippen LogP contribution in [0.25, 0.3) is 0 Å². The molecule has 0 atom stereocenters. The Morgan fingerprint density at radius 3 is 2.54 bits per heavy atom. The van der Waals surface area contributed by atoms with Gasteiger partial charge in [-0.15, -0.1) is 0 Å². The zero-order chi connectivity index (χ0) is 24.6. The van der Waals surface area contributed by atoms with Gasteiger partial charge in [-0.25, -0.2) is 0 Å². The second-order valence-electron chi connectivity index (χ2n) is 8.74. The van der Waals surface area contributed by atoms with Crippen LogP contribution >= 0.6 is 0 Å². The van der Waals surface area contributed by atoms with Crippen LogP contribution in [0.1, 0.15) is 38.7 Å². The molecular weight excluding hydrogens is 444 g/mol. The maximum Gasteiger partial charge on any atom is 0.262 e. The molecular formula is C27H36N4O4. The molecule has 1 saturated heterocycles. The van der Waals surface area contributed by atoms with Gasteiger partial charge in [-0.05, 0) is 49.6 Å². The topological polar surface area (TPSA) is 83.1 Å². The number of rotatable bonds is 7. The van der Waals surface area contributed by atoms with Gasteiger partial charge in [0, 0.05) is 44.4 Å². The van der Waals surface area contributed by atoms with E-state index in [1.165, 1.54) is 5.56 Å². The summed E-state index contributed by atoms with van der Waals surface area (Å²) in [5.41, 5.74) is 3.87. The van der Waals surface area contributed by atoms with Crippen molar-refractivity contribution in [3.63, 3.8) is 0 Å². The van der Waals surface area contributed by atoms with Crippen LogP contribution in [0, 0.1) is 0 Å². The van der Waals surface area contributed by atoms with E-state index in [2.05, 4.69) is 26.5 Å². The fourth-order valence-corrected chi connectivity index (χ4v) is 4.63. The van der Waals surface area contributed by atoms with E-state index >= 15 is 0 Å². The van der Waals surface area contributed by atoms with Crippen molar-refractivity contribution in [3.05, 3.63) is 42.0 Å². The van der Waals surface area contributed by atoms with E-state index in [0.717, 1.165) is 80.5 Å². The Kier molecular flexibility index (Phi) is 8.47. The molecule has 0 aliphatic carbocycles. The number of para-hydroxylation sites is 1. The second-order valence-corrected chi connectivity index (χ2v) is 8.74. The number of amides is 2. The van der Waals surface area contributed by atoms with Crippen LogP contribution in [-0.2, 0) is 16.0 Å². The van der Waals surface area contributed by atoms with Crippen molar-refractivity contribution in [3.8, 4) is 11.5 Å². The van der Waals surface area contributed by atoms with Crippen molar-refractivity contribution in [2.24, 2.45) is 0 Å². The minimum Gasteiger partial charge on any atom is -0.494 e. The van der Waals surface area contributed by atoms with E-state index in [1.807, 2.05) is 44.2 Å². The first-order valence-electron chi connectivity index (χ1n) is 12.7. The molecule has 0 saturated carbocycles. The standard InChI is InChI=1S/C25H30N4O4.C2H6/c30-23-9-7-18-6-8-19(16-21(18)27-23)32-15-2-1-10-28-11-13-29(14-12-28)22-5-3-4-20-25(22)33-17-24(31)26-20;1-2/h3-6,8,16H,1-2,7,9-15,17H2,(H,26,31)(H,27,30);1-2H3. The van der Waals surface area contributed by atoms with E-state index in [9.17, 15) is 9.59 Å². The lowest BCUT2D eigenvalue weighted by atomic mass is 10.0. The number of anilines is 3. The predicted molar refractivity (Wildman–Crippen MR) is 139 cm³/mol. The Labute approximate surface area is 207 Å². The normalized spacial score (nSPS) is 17.1. The summed E-state index contributed by atoms with van der Waals surface area (Å²) < 4.78 is 11.6. The number of carbonyl (C=O) groups is 2. The Balaban J connectivity index is 0.00000141. The molecule has 0 bridgehead atoms. The third-order valence-electron chi connectivity index (χ3n) is 6.44. The van der Waals surface area contributed by atoms with Gasteiger partial charge in [-0.2, -0.15) is 0 Å². The number of fused-ring (bicyclic) bond motifs is 2. The summed E-state index contributed by atoms with van der Waals surface area (Å²) in [5.74, 6) is 1.57. The first-order chi connectivity index (χ1) is 17.2. The molecule has 3 aliphatic heterocycles. The molecule has 0 spiro atoms. The van der Waals surface area contributed by atoms with E-state index < -0.39 is 0 Å². The van der Waals surface area contributed by atoms with Gasteiger partial charge in [0.15, 0.2) is 12.4 Å². The molecule has 2 aromatic rings. The Hall–Kier alpha value is -3.26. The highest BCUT2D eigenvalue weighted by Gasteiger charge is 2.24. The summed E-state index contributed by atoms with van der Waals surface area (Å²) in [7, 11) is 0. The quantitative estimate of drug-likeness (QED) is 0.585. The zero-order valence-corrected chi connectivity index (χ0v) is 20.8. The number of hydrogen-bond acceptors (Lipinski definition) is 6. The van der Waals surface area contributed by atoms with Crippen LogP contribution in [0.2, 0.25) is 0 Å². The molecule has 2 amide bonds. The van der Waals surface area contributed by atoms with Crippen molar-refractivity contribution in [2.45, 2.75) is 39.5 Å². The molecule has 3 aliphatic rings. The molecule has 1 fully saturated rings. The highest BCUT2D eigenvalue weighted by atomic mass is 16.5. The summed E-state index contributed by atoms with van der Waals surface area (Å²) in [6, 6.07) is 11.9. The number of benzene rings is 2. The Bertz CT molecular complexity index is 1030. The molecule has 188 valence electrons. The van der Waals surface area contributed by atoms with Crippen molar-refractivity contribution in [2.75, 3.05) is 61.5 Å². The van der Waals surface area contributed by atoms with Gasteiger partial charge in [-0.3, -0.25) is 14.5 Å². The largest absolute Gasteiger partial charge is 0.494 e. The minimum atomic E-state index is -0.105. The van der Waals surface area contributed by atoms with Crippen molar-refractivity contribution >= 4 is 28.9 Å². The van der Waals surface area contributed by atoms with E-state index in [4.69, 9.17) is 9.47 Å². The third-order valence-corrected chi connectivity index (χ3v) is 6.44. The number of aryl methyl sites for hydroxylation is 1. The van der Waals surface area contributed by atoms with Crippen LogP contribution in [-0.4, -0.2) is 62.7 Å². The second kappa shape index (κ2) is 11.9. The van der Waals surface area contributed by atoms with Gasteiger partial charge >= 0.3 is 0 Å². The minimum absolute atomic E-state index is 0.0752. The number of unbranched alkanes of at least 4 members (excludes halogenated alkanes) is 1. The van der Waals surface area contributed by atoms with Crippen LogP contribution in [0.4, 0.5) is 17.1 Å². The van der Waals surface area contributed by atoms with Crippen molar-refractivity contribution in [1.29, 1.82) is 0 Å². The summed E-state index contributed by atoms with van der Waals surface area (Å²) in [6.07, 6.45) is 3.42. The molecule has 0 radical (unpaired) electrons. The van der Waals surface area contributed by atoms with Crippen LogP contribution in [0.3, 0.4) is 0 Å². The molecule has 35 heavy (non-hydrogen) atoms. The highest BCUT2D eigenvalue weighted by molar-refractivity contribution is 5.97. The van der Waals surface area contributed by atoms with Crippen molar-refractivity contribution in [1.82, 2.24) is 4.90 Å². The lowest BCUT2D eigenvalue weighted by Crippen LogP contribution is -2.47. The van der Waals surface area contributed by atoms with Gasteiger partial charge in [0.05, 0.1) is 18.0 Å².